The van der Waals surface area contributed by atoms with E-state index in [9.17, 15) is 10.1 Å². The summed E-state index contributed by atoms with van der Waals surface area (Å²) in [5.74, 6) is 0.396. The first-order valence-corrected chi connectivity index (χ1v) is 6.77. The van der Waals surface area contributed by atoms with Crippen LogP contribution in [0, 0.1) is 17.0 Å². The maximum Gasteiger partial charge on any atom is 0.276 e. The lowest BCUT2D eigenvalue weighted by molar-refractivity contribution is -0.384. The molecule has 0 saturated carbocycles. The third-order valence-electron chi connectivity index (χ3n) is 2.30. The van der Waals surface area contributed by atoms with Crippen LogP contribution in [0.3, 0.4) is 0 Å². The Hall–Kier alpha value is -1.73. The standard InChI is InChI=1S/C11H11ClN4O2S/c1-7-6-19-11(14-7)2-3-13-10-5-8(16(17)18)4-9(12)15-10/h4-6H,2-3H2,1H3,(H,13,15). The second kappa shape index (κ2) is 5.94. The monoisotopic (exact) mass is 298 g/mol. The topological polar surface area (TPSA) is 81.0 Å². The van der Waals surface area contributed by atoms with Crippen LogP contribution in [-0.2, 0) is 6.42 Å². The zero-order valence-electron chi connectivity index (χ0n) is 10.1. The number of nitrogens with one attached hydrogen (secondary N) is 1. The third-order valence-corrected chi connectivity index (χ3v) is 3.52. The second-order valence-corrected chi connectivity index (χ2v) is 5.18. The number of nitro groups is 1. The van der Waals surface area contributed by atoms with Gasteiger partial charge in [0.2, 0.25) is 0 Å². The quantitative estimate of drug-likeness (QED) is 0.521. The predicted octanol–water partition coefficient (Wildman–Crippen LogP) is 3.06. The molecule has 0 amide bonds. The van der Waals surface area contributed by atoms with Crippen molar-refractivity contribution in [2.45, 2.75) is 13.3 Å². The van der Waals surface area contributed by atoms with Crippen molar-refractivity contribution < 1.29 is 4.92 Å². The SMILES string of the molecule is Cc1csc(CCNc2cc([N+](=O)[O-])cc(Cl)n2)n1. The lowest BCUT2D eigenvalue weighted by Crippen LogP contribution is -2.06. The molecule has 2 aromatic rings. The Balaban J connectivity index is 1.97. The van der Waals surface area contributed by atoms with E-state index in [1.807, 2.05) is 12.3 Å². The van der Waals surface area contributed by atoms with Gasteiger partial charge in [0.15, 0.2) is 0 Å². The molecule has 8 heteroatoms. The average Bonchev–Trinajstić information content (AvgIpc) is 2.74. The number of halogens is 1. The van der Waals surface area contributed by atoms with E-state index >= 15 is 0 Å². The minimum atomic E-state index is -0.497. The number of hydrogen-bond acceptors (Lipinski definition) is 6. The van der Waals surface area contributed by atoms with Crippen LogP contribution in [0.15, 0.2) is 17.5 Å². The Morgan fingerprint density at radius 2 is 2.26 bits per heavy atom. The Kier molecular flexibility index (Phi) is 4.28. The van der Waals surface area contributed by atoms with Gasteiger partial charge in [0.25, 0.3) is 5.69 Å². The summed E-state index contributed by atoms with van der Waals surface area (Å²) in [6.45, 7) is 2.53. The summed E-state index contributed by atoms with van der Waals surface area (Å²) < 4.78 is 0. The Morgan fingerprint density at radius 1 is 1.47 bits per heavy atom. The summed E-state index contributed by atoms with van der Waals surface area (Å²) >= 11 is 7.32. The summed E-state index contributed by atoms with van der Waals surface area (Å²) in [4.78, 5) is 18.5. The molecule has 100 valence electrons. The first kappa shape index (κ1) is 13.7. The van der Waals surface area contributed by atoms with Crippen molar-refractivity contribution in [1.29, 1.82) is 0 Å². The van der Waals surface area contributed by atoms with Crippen LogP contribution >= 0.6 is 22.9 Å². The average molecular weight is 299 g/mol. The molecule has 6 nitrogen and oxygen atoms in total. The van der Waals surface area contributed by atoms with E-state index in [2.05, 4.69) is 15.3 Å². The molecule has 0 spiro atoms. The number of pyridine rings is 1. The largest absolute Gasteiger partial charge is 0.369 e. The van der Waals surface area contributed by atoms with Crippen molar-refractivity contribution in [1.82, 2.24) is 9.97 Å². The van der Waals surface area contributed by atoms with Gasteiger partial charge in [0.1, 0.15) is 11.0 Å². The molecule has 0 aliphatic carbocycles. The predicted molar refractivity (Wildman–Crippen MR) is 74.9 cm³/mol. The molecule has 0 bridgehead atoms. The molecular weight excluding hydrogens is 288 g/mol. The molecule has 0 aromatic carbocycles. The second-order valence-electron chi connectivity index (χ2n) is 3.85. The van der Waals surface area contributed by atoms with Crippen LogP contribution in [0.5, 0.6) is 0 Å². The highest BCUT2D eigenvalue weighted by Gasteiger charge is 2.10. The van der Waals surface area contributed by atoms with Gasteiger partial charge in [-0.05, 0) is 6.92 Å². The fourth-order valence-corrected chi connectivity index (χ4v) is 2.47. The molecule has 0 fully saturated rings. The van der Waals surface area contributed by atoms with Crippen molar-refractivity contribution in [2.75, 3.05) is 11.9 Å². The van der Waals surface area contributed by atoms with Gasteiger partial charge in [-0.15, -0.1) is 11.3 Å². The molecule has 2 rings (SSSR count). The van der Waals surface area contributed by atoms with E-state index in [4.69, 9.17) is 11.6 Å². The normalized spacial score (nSPS) is 10.4. The van der Waals surface area contributed by atoms with E-state index in [1.54, 1.807) is 11.3 Å². The summed E-state index contributed by atoms with van der Waals surface area (Å²) in [5, 5.41) is 16.8. The molecule has 1 N–H and O–H groups in total. The van der Waals surface area contributed by atoms with Crippen molar-refractivity contribution in [3.8, 4) is 0 Å². The Labute approximate surface area is 118 Å². The fourth-order valence-electron chi connectivity index (χ4n) is 1.49. The Morgan fingerprint density at radius 3 is 2.89 bits per heavy atom. The summed E-state index contributed by atoms with van der Waals surface area (Å²) in [7, 11) is 0. The van der Waals surface area contributed by atoms with E-state index in [0.717, 1.165) is 17.1 Å². The molecule has 0 unspecified atom stereocenters. The van der Waals surface area contributed by atoms with Crippen LogP contribution in [-0.4, -0.2) is 21.4 Å². The maximum atomic E-state index is 10.7. The van der Waals surface area contributed by atoms with Gasteiger partial charge in [0, 0.05) is 24.0 Å². The minimum Gasteiger partial charge on any atom is -0.369 e. The molecular formula is C11H11ClN4O2S. The number of anilines is 1. The van der Waals surface area contributed by atoms with Crippen LogP contribution in [0.1, 0.15) is 10.7 Å². The number of rotatable bonds is 5. The van der Waals surface area contributed by atoms with Crippen LogP contribution in [0.4, 0.5) is 11.5 Å². The third kappa shape index (κ3) is 3.87. The highest BCUT2D eigenvalue weighted by atomic mass is 35.5. The van der Waals surface area contributed by atoms with Crippen LogP contribution in [0.2, 0.25) is 5.15 Å². The van der Waals surface area contributed by atoms with E-state index in [0.29, 0.717) is 12.4 Å². The van der Waals surface area contributed by atoms with Gasteiger partial charge in [0.05, 0.1) is 22.1 Å². The first-order valence-electron chi connectivity index (χ1n) is 5.51. The number of aryl methyl sites for hydroxylation is 1. The van der Waals surface area contributed by atoms with E-state index < -0.39 is 4.92 Å². The van der Waals surface area contributed by atoms with Gasteiger partial charge >= 0.3 is 0 Å². The number of hydrogen-bond donors (Lipinski definition) is 1. The zero-order valence-corrected chi connectivity index (χ0v) is 11.7. The summed E-state index contributed by atoms with van der Waals surface area (Å²) in [6.07, 6.45) is 0.737. The zero-order chi connectivity index (χ0) is 13.8. The van der Waals surface area contributed by atoms with Crippen molar-refractivity contribution in [3.63, 3.8) is 0 Å². The lowest BCUT2D eigenvalue weighted by atomic mass is 10.4. The van der Waals surface area contributed by atoms with E-state index in [-0.39, 0.29) is 10.8 Å². The smallest absolute Gasteiger partial charge is 0.276 e. The molecule has 0 aliphatic heterocycles. The van der Waals surface area contributed by atoms with Gasteiger partial charge in [-0.25, -0.2) is 9.97 Å². The van der Waals surface area contributed by atoms with E-state index in [1.165, 1.54) is 12.1 Å². The van der Waals surface area contributed by atoms with Crippen molar-refractivity contribution in [2.24, 2.45) is 0 Å². The molecule has 0 atom stereocenters. The minimum absolute atomic E-state index is 0.0763. The molecule has 0 aliphatic rings. The molecule has 19 heavy (non-hydrogen) atoms. The highest BCUT2D eigenvalue weighted by molar-refractivity contribution is 7.09. The maximum absolute atomic E-state index is 10.7. The summed E-state index contributed by atoms with van der Waals surface area (Å²) in [5.41, 5.74) is 0.920. The number of thiazole rings is 1. The summed E-state index contributed by atoms with van der Waals surface area (Å²) in [6, 6.07) is 2.58. The lowest BCUT2D eigenvalue weighted by Gasteiger charge is -2.04. The fraction of sp³-hybridized carbons (Fsp3) is 0.273. The van der Waals surface area contributed by atoms with Crippen molar-refractivity contribution >= 4 is 34.4 Å². The molecule has 0 radical (unpaired) electrons. The van der Waals surface area contributed by atoms with Gasteiger partial charge in [-0.1, -0.05) is 11.6 Å². The van der Waals surface area contributed by atoms with Crippen LogP contribution < -0.4 is 5.32 Å². The molecule has 2 heterocycles. The number of nitrogens with zero attached hydrogens (tertiary/aromatic N) is 3. The van der Waals surface area contributed by atoms with Gasteiger partial charge < -0.3 is 5.32 Å². The van der Waals surface area contributed by atoms with Crippen molar-refractivity contribution in [3.05, 3.63) is 43.5 Å². The van der Waals surface area contributed by atoms with Gasteiger partial charge in [-0.2, -0.15) is 0 Å². The Bertz CT molecular complexity index is 602. The first-order chi connectivity index (χ1) is 9.04. The molecule has 2 aromatic heterocycles. The van der Waals surface area contributed by atoms with Gasteiger partial charge in [-0.3, -0.25) is 10.1 Å². The van der Waals surface area contributed by atoms with Crippen LogP contribution in [0.25, 0.3) is 0 Å². The molecule has 0 saturated heterocycles. The number of aromatic nitrogens is 2. The highest BCUT2D eigenvalue weighted by Crippen LogP contribution is 2.20.